The molecule has 0 radical (unpaired) electrons. The number of nitrogens with one attached hydrogen (secondary N) is 1. The molecule has 1 aliphatic heterocycles. The minimum Gasteiger partial charge on any atom is -0.481 e. The number of carboxylic acid groups (broad SMARTS) is 1. The molecule has 0 spiro atoms. The molecule has 1 aliphatic rings. The van der Waals surface area contributed by atoms with Crippen molar-refractivity contribution in [1.82, 2.24) is 5.32 Å². The molecule has 0 saturated carbocycles. The first-order valence-corrected chi connectivity index (χ1v) is 12.8. The summed E-state index contributed by atoms with van der Waals surface area (Å²) in [7, 11) is 2.93. The van der Waals surface area contributed by atoms with E-state index in [1.54, 1.807) is 4.90 Å². The van der Waals surface area contributed by atoms with Gasteiger partial charge in [0.2, 0.25) is 11.8 Å². The van der Waals surface area contributed by atoms with Crippen LogP contribution < -0.4 is 10.2 Å². The Bertz CT molecular complexity index is 1050. The zero-order valence-corrected chi connectivity index (χ0v) is 19.1. The lowest BCUT2D eigenvalue weighted by Gasteiger charge is -2.26. The van der Waals surface area contributed by atoms with Crippen LogP contribution in [-0.2, 0) is 20.9 Å². The molecule has 0 saturated heterocycles. The maximum absolute atomic E-state index is 13.1. The van der Waals surface area contributed by atoms with Crippen LogP contribution in [-0.4, -0.2) is 40.9 Å². The fraction of sp³-hybridized carbons (Fsp3) is 0.292. The predicted molar refractivity (Wildman–Crippen MR) is 129 cm³/mol. The number of rotatable bonds is 10. The van der Waals surface area contributed by atoms with Gasteiger partial charge in [0.15, 0.2) is 0 Å². The Hall–Kier alpha value is -2.89. The summed E-state index contributed by atoms with van der Waals surface area (Å²) in [6, 6.07) is 15.4. The molecule has 2 N–H and O–H groups in total. The number of carbonyl (C=O) groups excluding carboxylic acids is 2. The highest BCUT2D eigenvalue weighted by Gasteiger charge is 2.21. The third-order valence-corrected chi connectivity index (χ3v) is 7.14. The molecule has 1 heterocycles. The maximum atomic E-state index is 13.1. The summed E-state index contributed by atoms with van der Waals surface area (Å²) < 4.78 is 0. The highest BCUT2D eigenvalue weighted by molar-refractivity contribution is 8.76. The normalized spacial score (nSPS) is 11.8. The third kappa shape index (κ3) is 7.08. The van der Waals surface area contributed by atoms with Crippen molar-refractivity contribution in [3.8, 4) is 11.8 Å². The van der Waals surface area contributed by atoms with E-state index in [4.69, 9.17) is 5.11 Å². The molecule has 0 aromatic heterocycles. The molecular weight excluding hydrogens is 444 g/mol. The van der Waals surface area contributed by atoms with Gasteiger partial charge in [0, 0.05) is 42.0 Å². The second-order valence-electron chi connectivity index (χ2n) is 7.04. The number of para-hydroxylation sites is 1. The van der Waals surface area contributed by atoms with E-state index >= 15 is 0 Å². The number of amides is 2. The van der Waals surface area contributed by atoms with Crippen LogP contribution in [0.4, 0.5) is 5.69 Å². The number of fused-ring (bicyclic) bond motifs is 2. The maximum Gasteiger partial charge on any atom is 0.304 e. The minimum absolute atomic E-state index is 0.0742. The first kappa shape index (κ1) is 23.8. The minimum atomic E-state index is -0.821. The van der Waals surface area contributed by atoms with Gasteiger partial charge in [-0.2, -0.15) is 0 Å². The molecular formula is C24H24N2O4S2. The van der Waals surface area contributed by atoms with Gasteiger partial charge < -0.3 is 15.3 Å². The lowest BCUT2D eigenvalue weighted by molar-refractivity contribution is -0.136. The molecule has 8 heteroatoms. The highest BCUT2D eigenvalue weighted by Crippen LogP contribution is 2.26. The molecule has 0 bridgehead atoms. The van der Waals surface area contributed by atoms with Crippen LogP contribution in [0.3, 0.4) is 0 Å². The Labute approximate surface area is 195 Å². The molecule has 32 heavy (non-hydrogen) atoms. The van der Waals surface area contributed by atoms with Gasteiger partial charge in [-0.05, 0) is 23.8 Å². The number of benzene rings is 2. The van der Waals surface area contributed by atoms with Crippen molar-refractivity contribution in [3.63, 3.8) is 0 Å². The van der Waals surface area contributed by atoms with Gasteiger partial charge >= 0.3 is 5.97 Å². The SMILES string of the molecule is O=C(O)CCSSCCC(=O)NCCC(=O)N1Cc2ccccc2C#Cc2ccccc21. The molecule has 0 aliphatic carbocycles. The summed E-state index contributed by atoms with van der Waals surface area (Å²) in [5.41, 5.74) is 3.48. The quantitative estimate of drug-likeness (QED) is 0.314. The van der Waals surface area contributed by atoms with E-state index in [1.165, 1.54) is 21.6 Å². The fourth-order valence-electron chi connectivity index (χ4n) is 3.12. The Kier molecular flexibility index (Phi) is 9.08. The molecule has 166 valence electrons. The van der Waals surface area contributed by atoms with E-state index in [0.717, 1.165) is 22.4 Å². The Balaban J connectivity index is 1.52. The summed E-state index contributed by atoms with van der Waals surface area (Å²) in [6.07, 6.45) is 0.631. The van der Waals surface area contributed by atoms with Crippen LogP contribution in [0.2, 0.25) is 0 Å². The van der Waals surface area contributed by atoms with Crippen LogP contribution in [0.15, 0.2) is 48.5 Å². The standard InChI is InChI=1S/C24H24N2O4S2/c27-22(12-15-31-32-16-13-24(29)30)25-14-11-23(28)26-17-20-7-2-1-5-18(20)9-10-19-6-3-4-8-21(19)26/h1-8H,11-17H2,(H,25,27)(H,29,30). The van der Waals surface area contributed by atoms with Crippen molar-refractivity contribution in [3.05, 3.63) is 65.2 Å². The molecule has 2 aromatic rings. The summed E-state index contributed by atoms with van der Waals surface area (Å²) in [5.74, 6) is 6.47. The average Bonchev–Trinajstić information content (AvgIpc) is 2.77. The summed E-state index contributed by atoms with van der Waals surface area (Å²) in [4.78, 5) is 37.3. The lowest BCUT2D eigenvalue weighted by Crippen LogP contribution is -2.35. The first-order valence-electron chi connectivity index (χ1n) is 10.3. The smallest absolute Gasteiger partial charge is 0.304 e. The van der Waals surface area contributed by atoms with E-state index in [-0.39, 0.29) is 31.2 Å². The largest absolute Gasteiger partial charge is 0.481 e. The fourth-order valence-corrected chi connectivity index (χ4v) is 5.09. The second kappa shape index (κ2) is 12.2. The zero-order chi connectivity index (χ0) is 22.8. The zero-order valence-electron chi connectivity index (χ0n) is 17.5. The van der Waals surface area contributed by atoms with E-state index in [2.05, 4.69) is 17.2 Å². The van der Waals surface area contributed by atoms with Crippen molar-refractivity contribution < 1.29 is 19.5 Å². The van der Waals surface area contributed by atoms with E-state index in [0.29, 0.717) is 24.5 Å². The van der Waals surface area contributed by atoms with Crippen molar-refractivity contribution in [2.75, 3.05) is 23.0 Å². The van der Waals surface area contributed by atoms with E-state index in [9.17, 15) is 14.4 Å². The topological polar surface area (TPSA) is 86.7 Å². The van der Waals surface area contributed by atoms with Crippen molar-refractivity contribution in [2.45, 2.75) is 25.8 Å². The lowest BCUT2D eigenvalue weighted by atomic mass is 10.0. The number of hydrogen-bond acceptors (Lipinski definition) is 5. The van der Waals surface area contributed by atoms with Crippen LogP contribution in [0.1, 0.15) is 36.0 Å². The third-order valence-electron chi connectivity index (χ3n) is 4.73. The monoisotopic (exact) mass is 468 g/mol. The molecule has 0 atom stereocenters. The van der Waals surface area contributed by atoms with Gasteiger partial charge in [0.1, 0.15) is 0 Å². The molecule has 2 amide bonds. The van der Waals surface area contributed by atoms with E-state index < -0.39 is 5.97 Å². The van der Waals surface area contributed by atoms with Crippen molar-refractivity contribution in [1.29, 1.82) is 0 Å². The van der Waals surface area contributed by atoms with Crippen molar-refractivity contribution in [2.24, 2.45) is 0 Å². The van der Waals surface area contributed by atoms with Gasteiger partial charge in [-0.25, -0.2) is 0 Å². The summed E-state index contributed by atoms with van der Waals surface area (Å²) in [5, 5.41) is 11.4. The van der Waals surface area contributed by atoms with Crippen LogP contribution in [0.25, 0.3) is 0 Å². The van der Waals surface area contributed by atoms with Crippen LogP contribution >= 0.6 is 21.6 Å². The summed E-state index contributed by atoms with van der Waals surface area (Å²) in [6.45, 7) is 0.694. The van der Waals surface area contributed by atoms with E-state index in [1.807, 2.05) is 48.5 Å². The van der Waals surface area contributed by atoms with Crippen molar-refractivity contribution >= 4 is 45.1 Å². The molecule has 0 unspecified atom stereocenters. The molecule has 2 aromatic carbocycles. The van der Waals surface area contributed by atoms with Gasteiger partial charge in [-0.3, -0.25) is 14.4 Å². The second-order valence-corrected chi connectivity index (χ2v) is 9.74. The Morgan fingerprint density at radius 3 is 2.34 bits per heavy atom. The van der Waals surface area contributed by atoms with Gasteiger partial charge in [0.05, 0.1) is 18.7 Å². The highest BCUT2D eigenvalue weighted by atomic mass is 33.1. The first-order chi connectivity index (χ1) is 15.5. The molecule has 3 rings (SSSR count). The predicted octanol–water partition coefficient (Wildman–Crippen LogP) is 3.69. The van der Waals surface area contributed by atoms with Gasteiger partial charge in [0.25, 0.3) is 0 Å². The number of nitrogens with zero attached hydrogens (tertiary/aromatic N) is 1. The number of carboxylic acids is 1. The Morgan fingerprint density at radius 1 is 0.906 bits per heavy atom. The number of hydrogen-bond donors (Lipinski definition) is 2. The Morgan fingerprint density at radius 2 is 1.56 bits per heavy atom. The average molecular weight is 469 g/mol. The van der Waals surface area contributed by atoms with Gasteiger partial charge in [-0.1, -0.05) is 63.8 Å². The number of anilines is 1. The number of carbonyl (C=O) groups is 3. The van der Waals surface area contributed by atoms with Crippen LogP contribution in [0.5, 0.6) is 0 Å². The summed E-state index contributed by atoms with van der Waals surface area (Å²) >= 11 is 0. The number of aliphatic carboxylic acids is 1. The molecule has 6 nitrogen and oxygen atoms in total. The molecule has 0 fully saturated rings. The van der Waals surface area contributed by atoms with Crippen LogP contribution in [0, 0.1) is 11.8 Å². The van der Waals surface area contributed by atoms with Gasteiger partial charge in [-0.15, -0.1) is 0 Å².